The second kappa shape index (κ2) is 9.20. The number of hydrogen-bond donors (Lipinski definition) is 3. The molecule has 0 radical (unpaired) electrons. The van der Waals surface area contributed by atoms with E-state index in [0.29, 0.717) is 19.3 Å². The lowest BCUT2D eigenvalue weighted by atomic mass is 9.98. The van der Waals surface area contributed by atoms with Crippen LogP contribution in [0.15, 0.2) is 48.5 Å². The van der Waals surface area contributed by atoms with Crippen molar-refractivity contribution in [1.82, 2.24) is 10.6 Å². The van der Waals surface area contributed by atoms with Crippen molar-refractivity contribution < 1.29 is 24.2 Å². The van der Waals surface area contributed by atoms with Crippen molar-refractivity contribution in [1.29, 1.82) is 0 Å². The molecule has 0 saturated heterocycles. The Labute approximate surface area is 180 Å². The molecular weight excluding hydrogens is 396 g/mol. The molecule has 0 spiro atoms. The smallest absolute Gasteiger partial charge is 0.407 e. The summed E-state index contributed by atoms with van der Waals surface area (Å²) < 4.78 is 5.57. The van der Waals surface area contributed by atoms with Gasteiger partial charge in [-0.15, -0.1) is 0 Å². The van der Waals surface area contributed by atoms with Crippen LogP contribution >= 0.6 is 0 Å². The van der Waals surface area contributed by atoms with Crippen molar-refractivity contribution in [3.05, 3.63) is 59.7 Å². The van der Waals surface area contributed by atoms with Gasteiger partial charge in [0, 0.05) is 24.4 Å². The fraction of sp³-hybridized carbons (Fsp3) is 0.375. The van der Waals surface area contributed by atoms with E-state index in [-0.39, 0.29) is 43.4 Å². The Morgan fingerprint density at radius 3 is 2.26 bits per heavy atom. The molecule has 2 aliphatic rings. The molecule has 3 N–H and O–H groups in total. The third-order valence-electron chi connectivity index (χ3n) is 6.11. The predicted octanol–water partition coefficient (Wildman–Crippen LogP) is 3.28. The van der Waals surface area contributed by atoms with E-state index in [1.54, 1.807) is 0 Å². The van der Waals surface area contributed by atoms with Crippen LogP contribution in [0.3, 0.4) is 0 Å². The van der Waals surface area contributed by atoms with E-state index < -0.39 is 12.1 Å². The van der Waals surface area contributed by atoms with Crippen LogP contribution in [0.25, 0.3) is 11.1 Å². The number of ether oxygens (including phenoxy) is 1. The van der Waals surface area contributed by atoms with E-state index in [9.17, 15) is 14.4 Å². The highest BCUT2D eigenvalue weighted by Crippen LogP contribution is 2.44. The molecule has 0 aliphatic heterocycles. The van der Waals surface area contributed by atoms with E-state index in [1.165, 1.54) is 11.1 Å². The highest BCUT2D eigenvalue weighted by atomic mass is 16.5. The zero-order valence-corrected chi connectivity index (χ0v) is 17.2. The summed E-state index contributed by atoms with van der Waals surface area (Å²) in [5, 5.41) is 14.2. The Bertz CT molecular complexity index is 944. The summed E-state index contributed by atoms with van der Waals surface area (Å²) in [4.78, 5) is 35.1. The largest absolute Gasteiger partial charge is 0.481 e. The summed E-state index contributed by atoms with van der Waals surface area (Å²) in [5.74, 6) is -1.30. The third-order valence-corrected chi connectivity index (χ3v) is 6.11. The van der Waals surface area contributed by atoms with E-state index in [4.69, 9.17) is 9.84 Å². The van der Waals surface area contributed by atoms with Crippen LogP contribution in [0, 0.1) is 5.92 Å². The van der Waals surface area contributed by atoms with Crippen molar-refractivity contribution in [2.75, 3.05) is 13.2 Å². The molecule has 1 fully saturated rings. The van der Waals surface area contributed by atoms with Gasteiger partial charge in [-0.2, -0.15) is 0 Å². The second-order valence-electron chi connectivity index (χ2n) is 8.11. The third kappa shape index (κ3) is 4.71. The average molecular weight is 422 g/mol. The van der Waals surface area contributed by atoms with Crippen LogP contribution in [0.2, 0.25) is 0 Å². The molecule has 2 atom stereocenters. The fourth-order valence-electron chi connectivity index (χ4n) is 4.59. The van der Waals surface area contributed by atoms with Crippen molar-refractivity contribution >= 4 is 18.0 Å². The fourth-order valence-corrected chi connectivity index (χ4v) is 4.59. The number of carboxylic acid groups (broad SMARTS) is 1. The zero-order valence-electron chi connectivity index (χ0n) is 17.2. The number of carbonyl (C=O) groups excluding carboxylic acids is 2. The number of aliphatic carboxylic acids is 1. The molecule has 0 aromatic heterocycles. The second-order valence-corrected chi connectivity index (χ2v) is 8.11. The highest BCUT2D eigenvalue weighted by molar-refractivity contribution is 5.80. The molecule has 7 nitrogen and oxygen atoms in total. The van der Waals surface area contributed by atoms with E-state index >= 15 is 0 Å². The predicted molar refractivity (Wildman–Crippen MR) is 115 cm³/mol. The zero-order chi connectivity index (χ0) is 21.8. The van der Waals surface area contributed by atoms with Crippen molar-refractivity contribution in [3.63, 3.8) is 0 Å². The summed E-state index contributed by atoms with van der Waals surface area (Å²) >= 11 is 0. The quantitative estimate of drug-likeness (QED) is 0.635. The molecular formula is C24H26N2O5. The molecule has 0 unspecified atom stereocenters. The highest BCUT2D eigenvalue weighted by Gasteiger charge is 2.32. The first-order valence-electron chi connectivity index (χ1n) is 10.6. The number of fused-ring (bicyclic) bond motifs is 3. The summed E-state index contributed by atoms with van der Waals surface area (Å²) in [7, 11) is 0. The number of rotatable bonds is 7. The number of amides is 2. The Morgan fingerprint density at radius 1 is 0.968 bits per heavy atom. The molecule has 2 aromatic carbocycles. The van der Waals surface area contributed by atoms with Gasteiger partial charge >= 0.3 is 12.1 Å². The average Bonchev–Trinajstić information content (AvgIpc) is 3.35. The van der Waals surface area contributed by atoms with Gasteiger partial charge in [0.25, 0.3) is 0 Å². The Hall–Kier alpha value is -3.35. The normalized spacial score (nSPS) is 19.4. The molecule has 2 aromatic rings. The molecule has 162 valence electrons. The van der Waals surface area contributed by atoms with Gasteiger partial charge in [-0.25, -0.2) is 4.79 Å². The molecule has 0 heterocycles. The van der Waals surface area contributed by atoms with Gasteiger partial charge in [-0.1, -0.05) is 48.5 Å². The number of nitrogens with one attached hydrogen (secondary N) is 2. The summed E-state index contributed by atoms with van der Waals surface area (Å²) in [6, 6.07) is 16.2. The van der Waals surface area contributed by atoms with Gasteiger partial charge < -0.3 is 20.5 Å². The van der Waals surface area contributed by atoms with Gasteiger partial charge in [-0.05, 0) is 41.5 Å². The summed E-state index contributed by atoms with van der Waals surface area (Å²) in [5.41, 5.74) is 4.69. The number of hydrogen-bond acceptors (Lipinski definition) is 4. The maximum Gasteiger partial charge on any atom is 0.407 e. The minimum absolute atomic E-state index is 0.00879. The van der Waals surface area contributed by atoms with Crippen LogP contribution in [-0.2, 0) is 14.3 Å². The molecule has 4 rings (SSSR count). The number of carboxylic acids is 1. The Balaban J connectivity index is 1.28. The standard InChI is InChI=1S/C24H26N2O5/c27-22(28)11-12-25-23(29)15-9-10-16(13-15)26-24(30)31-14-21-19-7-3-1-5-17(19)18-6-2-4-8-20(18)21/h1-8,15-16,21H,9-14H2,(H,25,29)(H,26,30)(H,27,28)/t15-,16+/m0/s1. The Kier molecular flexibility index (Phi) is 6.21. The maximum atomic E-state index is 12.4. The first-order chi connectivity index (χ1) is 15.0. The lowest BCUT2D eigenvalue weighted by Crippen LogP contribution is -2.36. The molecule has 2 amide bonds. The number of benzene rings is 2. The SMILES string of the molecule is O=C(O)CCNC(=O)[C@H]1CC[C@@H](NC(=O)OCC2c3ccccc3-c3ccccc32)C1. The summed E-state index contributed by atoms with van der Waals surface area (Å²) in [6.07, 6.45) is 1.32. The van der Waals surface area contributed by atoms with Gasteiger partial charge in [0.05, 0.1) is 6.42 Å². The van der Waals surface area contributed by atoms with Gasteiger partial charge in [0.15, 0.2) is 0 Å². The maximum absolute atomic E-state index is 12.4. The van der Waals surface area contributed by atoms with Crippen LogP contribution in [-0.4, -0.2) is 42.3 Å². The number of alkyl carbamates (subject to hydrolysis) is 1. The molecule has 2 aliphatic carbocycles. The van der Waals surface area contributed by atoms with Gasteiger partial charge in [0.1, 0.15) is 6.61 Å². The first-order valence-corrected chi connectivity index (χ1v) is 10.6. The lowest BCUT2D eigenvalue weighted by Gasteiger charge is -2.17. The van der Waals surface area contributed by atoms with Crippen LogP contribution in [0.5, 0.6) is 0 Å². The van der Waals surface area contributed by atoms with Crippen molar-refractivity contribution in [3.8, 4) is 11.1 Å². The van der Waals surface area contributed by atoms with Crippen molar-refractivity contribution in [2.45, 2.75) is 37.6 Å². The van der Waals surface area contributed by atoms with Crippen molar-refractivity contribution in [2.24, 2.45) is 5.92 Å². The van der Waals surface area contributed by atoms with Gasteiger partial charge in [0.2, 0.25) is 5.91 Å². The summed E-state index contributed by atoms with van der Waals surface area (Å²) in [6.45, 7) is 0.376. The molecule has 1 saturated carbocycles. The van der Waals surface area contributed by atoms with E-state index in [1.807, 2.05) is 24.3 Å². The Morgan fingerprint density at radius 2 is 1.61 bits per heavy atom. The van der Waals surface area contributed by atoms with Crippen LogP contribution in [0.4, 0.5) is 4.79 Å². The van der Waals surface area contributed by atoms with Crippen LogP contribution in [0.1, 0.15) is 42.7 Å². The molecule has 7 heteroatoms. The molecule has 31 heavy (non-hydrogen) atoms. The van der Waals surface area contributed by atoms with E-state index in [0.717, 1.165) is 11.1 Å². The van der Waals surface area contributed by atoms with E-state index in [2.05, 4.69) is 34.9 Å². The topological polar surface area (TPSA) is 105 Å². The minimum Gasteiger partial charge on any atom is -0.481 e. The van der Waals surface area contributed by atoms with Crippen LogP contribution < -0.4 is 10.6 Å². The number of carbonyl (C=O) groups is 3. The molecule has 0 bridgehead atoms. The monoisotopic (exact) mass is 422 g/mol. The minimum atomic E-state index is -0.943. The van der Waals surface area contributed by atoms with Gasteiger partial charge in [-0.3, -0.25) is 9.59 Å². The first kappa shape index (κ1) is 20.9. The lowest BCUT2D eigenvalue weighted by molar-refractivity contribution is -0.137.